The molecule has 0 saturated carbocycles. The van der Waals surface area contributed by atoms with E-state index in [1.165, 1.54) is 28.8 Å². The van der Waals surface area contributed by atoms with Gasteiger partial charge in [-0.3, -0.25) is 19.0 Å². The lowest BCUT2D eigenvalue weighted by Gasteiger charge is -2.47. The predicted octanol–water partition coefficient (Wildman–Crippen LogP) is 4.15. The molecule has 0 aromatic heterocycles. The molecule has 3 aliphatic rings. The summed E-state index contributed by atoms with van der Waals surface area (Å²) in [7, 11) is 0.361. The molecule has 3 heterocycles. The van der Waals surface area contributed by atoms with Crippen molar-refractivity contribution in [2.75, 3.05) is 41.0 Å². The number of nitrogens with zero attached hydrogens (tertiary/aromatic N) is 2. The molecule has 0 radical (unpaired) electrons. The normalized spacial score (nSPS) is 22.3. The number of benzene rings is 2. The zero-order chi connectivity index (χ0) is 28.3. The molecule has 3 atom stereocenters. The van der Waals surface area contributed by atoms with E-state index in [-0.39, 0.29) is 5.75 Å². The van der Waals surface area contributed by atoms with Gasteiger partial charge in [0.1, 0.15) is 0 Å². The van der Waals surface area contributed by atoms with Crippen molar-refractivity contribution >= 4 is 16.1 Å². The van der Waals surface area contributed by atoms with Gasteiger partial charge in [-0.05, 0) is 78.5 Å². The molecule has 0 bridgehead atoms. The first kappa shape index (κ1) is 29.1. The van der Waals surface area contributed by atoms with Crippen LogP contribution in [0, 0.1) is 11.8 Å². The van der Waals surface area contributed by atoms with Gasteiger partial charge in [0.2, 0.25) is 0 Å². The van der Waals surface area contributed by atoms with Crippen LogP contribution in [0.5, 0.6) is 23.0 Å². The summed E-state index contributed by atoms with van der Waals surface area (Å²) in [6.45, 7) is 5.32. The molecule has 5 rings (SSSR count). The van der Waals surface area contributed by atoms with Crippen LogP contribution >= 0.6 is 0 Å². The number of phenolic OH excluding ortho intramolecular Hbond substituents is 1. The first-order chi connectivity index (χ1) is 18.6. The number of hydrogen-bond donors (Lipinski definition) is 3. The Labute approximate surface area is 230 Å². The summed E-state index contributed by atoms with van der Waals surface area (Å²) in [4.78, 5) is 7.64. The van der Waals surface area contributed by atoms with Crippen molar-refractivity contribution in [1.82, 2.24) is 4.90 Å². The van der Waals surface area contributed by atoms with Crippen LogP contribution in [-0.2, 0) is 23.2 Å². The number of piperidine rings is 1. The average Bonchev–Trinajstić information content (AvgIpc) is 2.90. The summed E-state index contributed by atoms with van der Waals surface area (Å²) in [5.74, 6) is 3.57. The van der Waals surface area contributed by atoms with Gasteiger partial charge < -0.3 is 19.3 Å². The average molecular weight is 563 g/mol. The smallest absolute Gasteiger partial charge is 0.394 e. The molecule has 2 aromatic carbocycles. The van der Waals surface area contributed by atoms with Crippen molar-refractivity contribution in [2.24, 2.45) is 16.8 Å². The standard InChI is InChI=1S/C28H36N2O4.H2O4S/c1-5-17-16-30-9-7-19-13-27(33-3)28(34-4)15-22(19)24(30)11-20(17)10-23-21-14-26(32-2)25(31)12-18(21)6-8-29-23;1-5(2,3)4/h12-15,17,20,24,31H,5-11,16H2,1-4H3;(H2,1,2,3,4)/t17-,20-,24-;/m0./s1. The quantitative estimate of drug-likeness (QED) is 0.443. The molecule has 2 aromatic rings. The predicted molar refractivity (Wildman–Crippen MR) is 148 cm³/mol. The molecule has 0 aliphatic carbocycles. The Morgan fingerprint density at radius 3 is 2.26 bits per heavy atom. The lowest BCUT2D eigenvalue weighted by atomic mass is 9.73. The Hall–Kier alpha value is -2.86. The Kier molecular flexibility index (Phi) is 9.05. The molecular weight excluding hydrogens is 524 g/mol. The van der Waals surface area contributed by atoms with E-state index in [2.05, 4.69) is 24.0 Å². The molecule has 0 unspecified atom stereocenters. The summed E-state index contributed by atoms with van der Waals surface area (Å²) in [6, 6.07) is 8.61. The van der Waals surface area contributed by atoms with Crippen molar-refractivity contribution in [3.8, 4) is 23.0 Å². The maximum Gasteiger partial charge on any atom is 0.394 e. The first-order valence-electron chi connectivity index (χ1n) is 13.2. The van der Waals surface area contributed by atoms with Crippen LogP contribution < -0.4 is 14.2 Å². The van der Waals surface area contributed by atoms with Crippen LogP contribution in [0.1, 0.15) is 54.5 Å². The lowest BCUT2D eigenvalue weighted by molar-refractivity contribution is 0.0546. The number of aromatic hydroxyl groups is 1. The van der Waals surface area contributed by atoms with Gasteiger partial charge in [0, 0.05) is 37.0 Å². The number of aliphatic imine (C=N–C) groups is 1. The van der Waals surface area contributed by atoms with Gasteiger partial charge in [-0.1, -0.05) is 13.3 Å². The Morgan fingerprint density at radius 1 is 0.949 bits per heavy atom. The molecule has 10 nitrogen and oxygen atoms in total. The van der Waals surface area contributed by atoms with Crippen molar-refractivity contribution in [2.45, 2.75) is 45.1 Å². The van der Waals surface area contributed by atoms with E-state index < -0.39 is 10.4 Å². The Bertz CT molecular complexity index is 1320. The fourth-order valence-corrected chi connectivity index (χ4v) is 6.29. The van der Waals surface area contributed by atoms with Crippen molar-refractivity contribution in [3.63, 3.8) is 0 Å². The number of methoxy groups -OCH3 is 3. The van der Waals surface area contributed by atoms with Gasteiger partial charge in [-0.15, -0.1) is 0 Å². The van der Waals surface area contributed by atoms with Crippen LogP contribution in [0.15, 0.2) is 29.3 Å². The Balaban J connectivity index is 0.000000648. The largest absolute Gasteiger partial charge is 0.504 e. The molecule has 3 N–H and O–H groups in total. The second-order valence-electron chi connectivity index (χ2n) is 10.2. The van der Waals surface area contributed by atoms with Crippen LogP contribution in [0.3, 0.4) is 0 Å². The highest BCUT2D eigenvalue weighted by molar-refractivity contribution is 7.79. The van der Waals surface area contributed by atoms with Crippen LogP contribution in [0.4, 0.5) is 0 Å². The molecule has 0 spiro atoms. The molecule has 0 amide bonds. The van der Waals surface area contributed by atoms with E-state index in [1.54, 1.807) is 21.3 Å². The highest BCUT2D eigenvalue weighted by atomic mass is 32.3. The van der Waals surface area contributed by atoms with Crippen molar-refractivity contribution in [1.29, 1.82) is 0 Å². The summed E-state index contributed by atoms with van der Waals surface area (Å²) in [5, 5.41) is 10.3. The van der Waals surface area contributed by atoms with Crippen LogP contribution in [0.2, 0.25) is 0 Å². The third-order valence-electron chi connectivity index (χ3n) is 8.15. The topological polar surface area (TPSA) is 138 Å². The SMILES string of the molecule is CC[C@H]1CN2CCc3cc(OC)c(OC)cc3[C@@H]2C[C@@H]1CC1=NCCc2cc(O)c(OC)cc21.O=S(=O)(O)O. The number of ether oxygens (including phenoxy) is 3. The highest BCUT2D eigenvalue weighted by Gasteiger charge is 2.39. The fourth-order valence-electron chi connectivity index (χ4n) is 6.29. The van der Waals surface area contributed by atoms with Gasteiger partial charge in [0.15, 0.2) is 23.0 Å². The molecule has 214 valence electrons. The van der Waals surface area contributed by atoms with E-state index in [9.17, 15) is 5.11 Å². The molecule has 3 aliphatic heterocycles. The molecule has 1 saturated heterocycles. The third-order valence-corrected chi connectivity index (χ3v) is 8.15. The minimum absolute atomic E-state index is 0.213. The molecule has 1 fully saturated rings. The number of hydrogen-bond acceptors (Lipinski definition) is 8. The summed E-state index contributed by atoms with van der Waals surface area (Å²) in [6.07, 6.45) is 5.17. The highest BCUT2D eigenvalue weighted by Crippen LogP contribution is 2.46. The second-order valence-corrected chi connectivity index (χ2v) is 11.1. The fraction of sp³-hybridized carbons (Fsp3) is 0.536. The van der Waals surface area contributed by atoms with Crippen molar-refractivity contribution < 1.29 is 36.8 Å². The minimum atomic E-state index is -4.67. The van der Waals surface area contributed by atoms with E-state index in [0.717, 1.165) is 62.4 Å². The van der Waals surface area contributed by atoms with E-state index in [0.29, 0.717) is 23.6 Å². The maximum atomic E-state index is 10.3. The monoisotopic (exact) mass is 562 g/mol. The maximum absolute atomic E-state index is 10.3. The first-order valence-corrected chi connectivity index (χ1v) is 14.6. The summed E-state index contributed by atoms with van der Waals surface area (Å²) >= 11 is 0. The lowest BCUT2D eigenvalue weighted by Crippen LogP contribution is -2.46. The van der Waals surface area contributed by atoms with E-state index >= 15 is 0 Å². The van der Waals surface area contributed by atoms with Gasteiger partial charge in [-0.2, -0.15) is 8.42 Å². The zero-order valence-corrected chi connectivity index (χ0v) is 23.7. The van der Waals surface area contributed by atoms with Gasteiger partial charge in [0.05, 0.1) is 21.3 Å². The number of fused-ring (bicyclic) bond motifs is 4. The summed E-state index contributed by atoms with van der Waals surface area (Å²) < 4.78 is 48.2. The second kappa shape index (κ2) is 12.1. The minimum Gasteiger partial charge on any atom is -0.504 e. The van der Waals surface area contributed by atoms with E-state index in [1.807, 2.05) is 12.1 Å². The molecular formula is C28H38N2O8S. The Morgan fingerprint density at radius 2 is 1.62 bits per heavy atom. The molecule has 11 heteroatoms. The number of phenols is 1. The summed E-state index contributed by atoms with van der Waals surface area (Å²) in [5.41, 5.74) is 6.26. The molecule has 39 heavy (non-hydrogen) atoms. The third kappa shape index (κ3) is 6.66. The van der Waals surface area contributed by atoms with Gasteiger partial charge in [-0.25, -0.2) is 0 Å². The zero-order valence-electron chi connectivity index (χ0n) is 22.9. The van der Waals surface area contributed by atoms with Gasteiger partial charge in [0.25, 0.3) is 0 Å². The van der Waals surface area contributed by atoms with Crippen LogP contribution in [-0.4, -0.2) is 74.2 Å². The van der Waals surface area contributed by atoms with E-state index in [4.69, 9.17) is 36.7 Å². The number of rotatable bonds is 6. The van der Waals surface area contributed by atoms with Gasteiger partial charge >= 0.3 is 10.4 Å². The van der Waals surface area contributed by atoms with Crippen LogP contribution in [0.25, 0.3) is 0 Å². The van der Waals surface area contributed by atoms with Crippen molar-refractivity contribution in [3.05, 3.63) is 46.5 Å².